The lowest BCUT2D eigenvalue weighted by molar-refractivity contribution is -0.138. The fourth-order valence-corrected chi connectivity index (χ4v) is 4.93. The molecular weight excluding hydrogens is 592 g/mol. The number of aryl methyl sites for hydroxylation is 1. The van der Waals surface area contributed by atoms with Crippen LogP contribution in [0.3, 0.4) is 0 Å². The van der Waals surface area contributed by atoms with Gasteiger partial charge in [-0.3, -0.25) is 14.4 Å². The second-order valence-corrected chi connectivity index (χ2v) is 11.2. The molecule has 46 heavy (non-hydrogen) atoms. The van der Waals surface area contributed by atoms with E-state index in [2.05, 4.69) is 21.3 Å². The lowest BCUT2D eigenvalue weighted by Gasteiger charge is -2.24. The van der Waals surface area contributed by atoms with Crippen LogP contribution in [0.5, 0.6) is 17.2 Å². The maximum atomic E-state index is 13.5. The quantitative estimate of drug-likeness (QED) is 0.136. The highest BCUT2D eigenvalue weighted by Crippen LogP contribution is 2.32. The van der Waals surface area contributed by atoms with Gasteiger partial charge in [-0.25, -0.2) is 4.79 Å². The standard InChI is InChI=1S/C34H42N4O8/c1-20(2)15-23(33(42)37-27(19-32(40)41)22-11-14-28(44-4)30(16-22)46-6)17-31(39)36-26-13-12-24(18-29(26)45-5)35-34(43)38-25-10-8-7-9-21(25)3/h7-14,16,18,20,23,27H,15,17,19H2,1-6H3,(H,36,39)(H,37,42)(H,40,41)(H2,35,38,43). The van der Waals surface area contributed by atoms with Gasteiger partial charge in [0, 0.05) is 29.8 Å². The molecule has 12 heteroatoms. The van der Waals surface area contributed by atoms with E-state index >= 15 is 0 Å². The normalized spacial score (nSPS) is 12.0. The van der Waals surface area contributed by atoms with Gasteiger partial charge in [-0.2, -0.15) is 0 Å². The Bertz CT molecular complexity index is 1540. The van der Waals surface area contributed by atoms with E-state index in [0.29, 0.717) is 46.3 Å². The number of ether oxygens (including phenoxy) is 3. The maximum absolute atomic E-state index is 13.5. The van der Waals surface area contributed by atoms with E-state index in [1.165, 1.54) is 21.3 Å². The van der Waals surface area contributed by atoms with Crippen LogP contribution in [0.4, 0.5) is 21.9 Å². The summed E-state index contributed by atoms with van der Waals surface area (Å²) in [4.78, 5) is 51.0. The number of urea groups is 1. The Morgan fingerprint density at radius 1 is 0.761 bits per heavy atom. The van der Waals surface area contributed by atoms with E-state index in [-0.39, 0.29) is 18.8 Å². The number of methoxy groups -OCH3 is 3. The molecule has 0 aliphatic rings. The van der Waals surface area contributed by atoms with Crippen molar-refractivity contribution in [2.45, 2.75) is 46.1 Å². The molecule has 12 nitrogen and oxygen atoms in total. The molecule has 246 valence electrons. The largest absolute Gasteiger partial charge is 0.494 e. The molecule has 0 spiro atoms. The Kier molecular flexibility index (Phi) is 12.8. The Morgan fingerprint density at radius 3 is 2.09 bits per heavy atom. The number of aliphatic carboxylic acids is 1. The van der Waals surface area contributed by atoms with E-state index < -0.39 is 35.8 Å². The van der Waals surface area contributed by atoms with Crippen LogP contribution in [0.1, 0.15) is 50.3 Å². The lowest BCUT2D eigenvalue weighted by Crippen LogP contribution is -2.37. The summed E-state index contributed by atoms with van der Waals surface area (Å²) >= 11 is 0. The van der Waals surface area contributed by atoms with Crippen molar-refractivity contribution in [3.05, 3.63) is 71.8 Å². The third-order valence-electron chi connectivity index (χ3n) is 7.19. The molecule has 2 atom stereocenters. The number of hydrogen-bond acceptors (Lipinski definition) is 7. The van der Waals surface area contributed by atoms with Gasteiger partial charge in [0.15, 0.2) is 11.5 Å². The highest BCUT2D eigenvalue weighted by Gasteiger charge is 2.28. The summed E-state index contributed by atoms with van der Waals surface area (Å²) < 4.78 is 16.1. The van der Waals surface area contributed by atoms with Gasteiger partial charge in [0.2, 0.25) is 11.8 Å². The van der Waals surface area contributed by atoms with Crippen molar-refractivity contribution in [2.75, 3.05) is 37.3 Å². The minimum absolute atomic E-state index is 0.0771. The first kappa shape index (κ1) is 35.2. The number of hydrogen-bond donors (Lipinski definition) is 5. The summed E-state index contributed by atoms with van der Waals surface area (Å²) in [7, 11) is 4.39. The van der Waals surface area contributed by atoms with Gasteiger partial charge in [-0.15, -0.1) is 0 Å². The van der Waals surface area contributed by atoms with Gasteiger partial charge in [0.1, 0.15) is 5.75 Å². The Hall–Kier alpha value is -5.26. The summed E-state index contributed by atoms with van der Waals surface area (Å²) in [5.41, 5.74) is 2.91. The molecule has 0 heterocycles. The number of carboxylic acids is 1. The van der Waals surface area contributed by atoms with Crippen molar-refractivity contribution in [3.63, 3.8) is 0 Å². The number of carboxylic acid groups (broad SMARTS) is 1. The molecule has 0 fully saturated rings. The molecule has 2 unspecified atom stereocenters. The molecule has 0 aromatic heterocycles. The van der Waals surface area contributed by atoms with Crippen molar-refractivity contribution in [1.29, 1.82) is 0 Å². The minimum atomic E-state index is -1.10. The van der Waals surface area contributed by atoms with E-state index in [0.717, 1.165) is 5.56 Å². The summed E-state index contributed by atoms with van der Waals surface area (Å²) in [6.45, 7) is 5.76. The second kappa shape index (κ2) is 16.7. The van der Waals surface area contributed by atoms with Crippen LogP contribution >= 0.6 is 0 Å². The third-order valence-corrected chi connectivity index (χ3v) is 7.19. The molecule has 3 aromatic carbocycles. The first-order chi connectivity index (χ1) is 21.9. The Morgan fingerprint density at radius 2 is 1.46 bits per heavy atom. The van der Waals surface area contributed by atoms with Gasteiger partial charge in [0.05, 0.1) is 39.5 Å². The first-order valence-electron chi connectivity index (χ1n) is 14.8. The number of para-hydroxylation sites is 1. The Balaban J connectivity index is 1.72. The molecule has 0 saturated heterocycles. The highest BCUT2D eigenvalue weighted by molar-refractivity contribution is 6.01. The first-order valence-corrected chi connectivity index (χ1v) is 14.8. The van der Waals surface area contributed by atoms with Crippen molar-refractivity contribution in [1.82, 2.24) is 5.32 Å². The van der Waals surface area contributed by atoms with Gasteiger partial charge in [-0.05, 0) is 60.7 Å². The van der Waals surface area contributed by atoms with Gasteiger partial charge < -0.3 is 40.6 Å². The fraction of sp³-hybridized carbons (Fsp3) is 0.353. The summed E-state index contributed by atoms with van der Waals surface area (Å²) in [5.74, 6) is -1.48. The van der Waals surface area contributed by atoms with Crippen LogP contribution in [0.15, 0.2) is 60.7 Å². The van der Waals surface area contributed by atoms with E-state index in [4.69, 9.17) is 14.2 Å². The van der Waals surface area contributed by atoms with Crippen molar-refractivity contribution >= 4 is 40.9 Å². The van der Waals surface area contributed by atoms with Crippen molar-refractivity contribution in [2.24, 2.45) is 11.8 Å². The molecule has 0 radical (unpaired) electrons. The van der Waals surface area contributed by atoms with Crippen LogP contribution in [0.25, 0.3) is 0 Å². The molecule has 0 aliphatic heterocycles. The zero-order valence-electron chi connectivity index (χ0n) is 26.9. The zero-order valence-corrected chi connectivity index (χ0v) is 26.9. The SMILES string of the molecule is COc1cc(NC(=O)Nc2ccccc2C)ccc1NC(=O)CC(CC(C)C)C(=O)NC(CC(=O)O)c1ccc(OC)c(OC)c1. The van der Waals surface area contributed by atoms with Gasteiger partial charge in [-0.1, -0.05) is 38.1 Å². The summed E-state index contributed by atoms with van der Waals surface area (Å²) in [5, 5.41) is 20.7. The van der Waals surface area contributed by atoms with Gasteiger partial charge >= 0.3 is 12.0 Å². The zero-order chi connectivity index (χ0) is 33.8. The van der Waals surface area contributed by atoms with Crippen molar-refractivity contribution < 1.29 is 38.5 Å². The van der Waals surface area contributed by atoms with Crippen LogP contribution in [-0.2, 0) is 14.4 Å². The second-order valence-electron chi connectivity index (χ2n) is 11.2. The van der Waals surface area contributed by atoms with Gasteiger partial charge in [0.25, 0.3) is 0 Å². The summed E-state index contributed by atoms with van der Waals surface area (Å²) in [6, 6.07) is 15.8. The molecular formula is C34H42N4O8. The predicted octanol–water partition coefficient (Wildman–Crippen LogP) is 5.99. The number of carbonyl (C=O) groups is 4. The predicted molar refractivity (Wildman–Crippen MR) is 176 cm³/mol. The number of carbonyl (C=O) groups excluding carboxylic acids is 3. The van der Waals surface area contributed by atoms with Crippen LogP contribution in [0, 0.1) is 18.8 Å². The number of benzene rings is 3. The average molecular weight is 635 g/mol. The molecule has 0 aliphatic carbocycles. The number of anilines is 3. The molecule has 3 aromatic rings. The summed E-state index contributed by atoms with van der Waals surface area (Å²) in [6.07, 6.45) is -0.138. The van der Waals surface area contributed by atoms with Crippen LogP contribution in [-0.4, -0.2) is 50.3 Å². The topological polar surface area (TPSA) is 164 Å². The molecule has 4 amide bonds. The molecule has 5 N–H and O–H groups in total. The van der Waals surface area contributed by atoms with Crippen LogP contribution < -0.4 is 35.5 Å². The maximum Gasteiger partial charge on any atom is 0.323 e. The highest BCUT2D eigenvalue weighted by atomic mass is 16.5. The van der Waals surface area contributed by atoms with Crippen LogP contribution in [0.2, 0.25) is 0 Å². The monoisotopic (exact) mass is 634 g/mol. The number of amides is 4. The van der Waals surface area contributed by atoms with E-state index in [1.54, 1.807) is 42.5 Å². The number of nitrogens with one attached hydrogen (secondary N) is 4. The molecule has 0 saturated carbocycles. The fourth-order valence-electron chi connectivity index (χ4n) is 4.93. The smallest absolute Gasteiger partial charge is 0.323 e. The lowest BCUT2D eigenvalue weighted by atomic mass is 9.92. The third kappa shape index (κ3) is 10.1. The Labute approximate surface area is 268 Å². The average Bonchev–Trinajstić information content (AvgIpc) is 3.01. The minimum Gasteiger partial charge on any atom is -0.494 e. The van der Waals surface area contributed by atoms with Crippen molar-refractivity contribution in [3.8, 4) is 17.2 Å². The number of rotatable bonds is 15. The van der Waals surface area contributed by atoms with E-state index in [9.17, 15) is 24.3 Å². The molecule has 3 rings (SSSR count). The molecule has 0 bridgehead atoms. The van der Waals surface area contributed by atoms with E-state index in [1.807, 2.05) is 39.0 Å².